The van der Waals surface area contributed by atoms with E-state index >= 15 is 0 Å². The lowest BCUT2D eigenvalue weighted by Crippen LogP contribution is -2.32. The molecule has 1 N–H and O–H groups in total. The van der Waals surface area contributed by atoms with Crippen LogP contribution in [0.5, 0.6) is 0 Å². The van der Waals surface area contributed by atoms with Gasteiger partial charge in [-0.3, -0.25) is 0 Å². The molecule has 1 aliphatic carbocycles. The van der Waals surface area contributed by atoms with Crippen LogP contribution in [0.1, 0.15) is 36.7 Å². The number of fused-ring (bicyclic) bond motifs is 1. The third kappa shape index (κ3) is 1.99. The van der Waals surface area contributed by atoms with Crippen molar-refractivity contribution in [3.05, 3.63) is 29.7 Å². The van der Waals surface area contributed by atoms with Crippen molar-refractivity contribution in [3.8, 4) is 0 Å². The first-order valence-corrected chi connectivity index (χ1v) is 7.70. The summed E-state index contributed by atoms with van der Waals surface area (Å²) in [5.74, 6) is 2.62. The maximum absolute atomic E-state index is 9.26. The molecular formula is C15H19N5O2. The quantitative estimate of drug-likeness (QED) is 0.911. The third-order valence-electron chi connectivity index (χ3n) is 4.97. The summed E-state index contributed by atoms with van der Waals surface area (Å²) in [6, 6.07) is 1.73. The molecule has 2 fully saturated rings. The maximum Gasteiger partial charge on any atom is 0.234 e. The molecule has 1 saturated carbocycles. The van der Waals surface area contributed by atoms with Gasteiger partial charge < -0.3 is 14.5 Å². The van der Waals surface area contributed by atoms with Crippen molar-refractivity contribution in [1.29, 1.82) is 0 Å². The molecule has 0 aromatic carbocycles. The molecule has 1 aliphatic heterocycles. The van der Waals surface area contributed by atoms with Gasteiger partial charge >= 0.3 is 0 Å². The summed E-state index contributed by atoms with van der Waals surface area (Å²) in [5.41, 5.74) is 0.574. The lowest BCUT2D eigenvalue weighted by Gasteiger charge is -2.24. The summed E-state index contributed by atoms with van der Waals surface area (Å²) in [6.45, 7) is 3.49. The molecule has 0 radical (unpaired) electrons. The Morgan fingerprint density at radius 3 is 3.14 bits per heavy atom. The Balaban J connectivity index is 1.67. The van der Waals surface area contributed by atoms with Gasteiger partial charge in [-0.05, 0) is 31.7 Å². The average Bonchev–Trinajstić information content (AvgIpc) is 3.20. The van der Waals surface area contributed by atoms with Crippen molar-refractivity contribution in [2.75, 3.05) is 18.0 Å². The van der Waals surface area contributed by atoms with Gasteiger partial charge in [-0.1, -0.05) is 11.6 Å². The Labute approximate surface area is 128 Å². The van der Waals surface area contributed by atoms with Gasteiger partial charge in [0, 0.05) is 19.3 Å². The number of aromatic nitrogens is 4. The molecule has 2 aliphatic rings. The molecule has 0 bridgehead atoms. The van der Waals surface area contributed by atoms with Crippen LogP contribution in [0.3, 0.4) is 0 Å². The van der Waals surface area contributed by atoms with Crippen LogP contribution in [0, 0.1) is 12.8 Å². The maximum atomic E-state index is 9.26. The second-order valence-corrected chi connectivity index (χ2v) is 6.28. The fourth-order valence-corrected chi connectivity index (χ4v) is 3.92. The molecular weight excluding hydrogens is 282 g/mol. The molecule has 0 unspecified atom stereocenters. The first kappa shape index (κ1) is 13.6. The number of aliphatic hydroxyl groups is 1. The van der Waals surface area contributed by atoms with Gasteiger partial charge in [0.2, 0.25) is 11.8 Å². The Kier molecular flexibility index (Phi) is 3.11. The minimum absolute atomic E-state index is 0.0687. The summed E-state index contributed by atoms with van der Waals surface area (Å²) in [7, 11) is 0. The molecule has 22 heavy (non-hydrogen) atoms. The Hall–Kier alpha value is -2.02. The van der Waals surface area contributed by atoms with Gasteiger partial charge in [0.15, 0.2) is 5.82 Å². The van der Waals surface area contributed by atoms with Crippen molar-refractivity contribution in [1.82, 2.24) is 20.1 Å². The Morgan fingerprint density at radius 2 is 2.36 bits per heavy atom. The zero-order valence-corrected chi connectivity index (χ0v) is 12.6. The molecule has 116 valence electrons. The predicted molar refractivity (Wildman–Crippen MR) is 78.2 cm³/mol. The topological polar surface area (TPSA) is 88.2 Å². The Morgan fingerprint density at radius 1 is 1.45 bits per heavy atom. The largest absolute Gasteiger partial charge is 0.390 e. The Bertz CT molecular complexity index is 688. The van der Waals surface area contributed by atoms with Gasteiger partial charge in [0.05, 0.1) is 17.7 Å². The first-order valence-electron chi connectivity index (χ1n) is 7.70. The number of aryl methyl sites for hydroxylation is 1. The van der Waals surface area contributed by atoms with E-state index in [4.69, 9.17) is 4.52 Å². The molecule has 2 atom stereocenters. The summed E-state index contributed by atoms with van der Waals surface area (Å²) in [6.07, 6.45) is 5.12. The smallest absolute Gasteiger partial charge is 0.234 e. The molecule has 7 nitrogen and oxygen atoms in total. The van der Waals surface area contributed by atoms with Crippen LogP contribution in [0.2, 0.25) is 0 Å². The van der Waals surface area contributed by atoms with E-state index in [1.54, 1.807) is 12.3 Å². The highest BCUT2D eigenvalue weighted by molar-refractivity contribution is 5.38. The van der Waals surface area contributed by atoms with Crippen LogP contribution in [0.15, 0.2) is 16.8 Å². The van der Waals surface area contributed by atoms with Gasteiger partial charge in [-0.25, -0.2) is 9.97 Å². The summed E-state index contributed by atoms with van der Waals surface area (Å²) in [4.78, 5) is 15.5. The number of rotatable bonds is 3. The molecule has 4 rings (SSSR count). The van der Waals surface area contributed by atoms with Crippen LogP contribution in [-0.2, 0) is 12.0 Å². The predicted octanol–water partition coefficient (Wildman–Crippen LogP) is 1.22. The van der Waals surface area contributed by atoms with E-state index in [1.165, 1.54) is 6.42 Å². The van der Waals surface area contributed by atoms with Crippen LogP contribution in [-0.4, -0.2) is 38.3 Å². The number of hydrogen-bond acceptors (Lipinski definition) is 7. The van der Waals surface area contributed by atoms with E-state index in [2.05, 4.69) is 25.0 Å². The van der Waals surface area contributed by atoms with Gasteiger partial charge in [-0.2, -0.15) is 4.98 Å². The standard InChI is InChI=1S/C15H19N5O2/c1-10-17-13(22-19-10)15-5-2-3-11(15)7-20(9-15)14-16-6-4-12(8-21)18-14/h4,6,11,21H,2-3,5,7-9H2,1H3/t11-,15-/m0/s1. The zero-order chi connectivity index (χ0) is 15.2. The summed E-state index contributed by atoms with van der Waals surface area (Å²) in [5, 5.41) is 13.2. The summed E-state index contributed by atoms with van der Waals surface area (Å²) >= 11 is 0. The highest BCUT2D eigenvalue weighted by atomic mass is 16.5. The van der Waals surface area contributed by atoms with Crippen molar-refractivity contribution >= 4 is 5.95 Å². The van der Waals surface area contributed by atoms with Gasteiger partial charge in [-0.15, -0.1) is 0 Å². The molecule has 0 amide bonds. The van der Waals surface area contributed by atoms with E-state index in [-0.39, 0.29) is 12.0 Å². The minimum Gasteiger partial charge on any atom is -0.390 e. The van der Waals surface area contributed by atoms with E-state index in [9.17, 15) is 5.11 Å². The molecule has 7 heteroatoms. The molecule has 1 saturated heterocycles. The lowest BCUT2D eigenvalue weighted by atomic mass is 9.80. The van der Waals surface area contributed by atoms with Crippen LogP contribution >= 0.6 is 0 Å². The second-order valence-electron chi connectivity index (χ2n) is 6.28. The second kappa shape index (κ2) is 5.01. The number of hydrogen-bond donors (Lipinski definition) is 1. The number of aliphatic hydroxyl groups excluding tert-OH is 1. The summed E-state index contributed by atoms with van der Waals surface area (Å²) < 4.78 is 5.51. The number of anilines is 1. The van der Waals surface area contributed by atoms with E-state index < -0.39 is 0 Å². The highest BCUT2D eigenvalue weighted by Crippen LogP contribution is 2.50. The van der Waals surface area contributed by atoms with Crippen molar-refractivity contribution in [2.45, 2.75) is 38.2 Å². The van der Waals surface area contributed by atoms with E-state index in [0.717, 1.165) is 31.8 Å². The van der Waals surface area contributed by atoms with Crippen molar-refractivity contribution < 1.29 is 9.63 Å². The molecule has 2 aromatic rings. The van der Waals surface area contributed by atoms with Crippen molar-refractivity contribution in [3.63, 3.8) is 0 Å². The minimum atomic E-state index is -0.0696. The number of nitrogens with zero attached hydrogens (tertiary/aromatic N) is 5. The van der Waals surface area contributed by atoms with Crippen LogP contribution in [0.25, 0.3) is 0 Å². The highest BCUT2D eigenvalue weighted by Gasteiger charge is 2.54. The van der Waals surface area contributed by atoms with E-state index in [0.29, 0.717) is 23.4 Å². The molecule has 2 aromatic heterocycles. The molecule has 0 spiro atoms. The molecule has 3 heterocycles. The van der Waals surface area contributed by atoms with Crippen molar-refractivity contribution in [2.24, 2.45) is 5.92 Å². The van der Waals surface area contributed by atoms with Crippen LogP contribution in [0.4, 0.5) is 5.95 Å². The lowest BCUT2D eigenvalue weighted by molar-refractivity contribution is 0.265. The van der Waals surface area contributed by atoms with Gasteiger partial charge in [0.1, 0.15) is 0 Å². The average molecular weight is 301 g/mol. The fraction of sp³-hybridized carbons (Fsp3) is 0.600. The normalized spacial score (nSPS) is 27.4. The van der Waals surface area contributed by atoms with E-state index in [1.807, 2.05) is 6.92 Å². The fourth-order valence-electron chi connectivity index (χ4n) is 3.92. The van der Waals surface area contributed by atoms with Gasteiger partial charge in [0.25, 0.3) is 0 Å². The SMILES string of the molecule is Cc1noc([C@]23CCC[C@H]2CN(c2nccc(CO)n2)C3)n1. The first-order chi connectivity index (χ1) is 10.7. The third-order valence-corrected chi connectivity index (χ3v) is 4.97. The van der Waals surface area contributed by atoms with Crippen LogP contribution < -0.4 is 4.90 Å². The zero-order valence-electron chi connectivity index (χ0n) is 12.6. The monoisotopic (exact) mass is 301 g/mol.